The van der Waals surface area contributed by atoms with E-state index in [1.54, 1.807) is 18.2 Å². The molecule has 0 saturated carbocycles. The van der Waals surface area contributed by atoms with Crippen molar-refractivity contribution in [1.29, 1.82) is 0 Å². The molecule has 2 atom stereocenters. The second kappa shape index (κ2) is 9.53. The highest BCUT2D eigenvalue weighted by atomic mass is 16.6. The number of carbonyl (C=O) groups is 4. The van der Waals surface area contributed by atoms with Gasteiger partial charge in [-0.05, 0) is 54.0 Å². The van der Waals surface area contributed by atoms with Crippen LogP contribution < -0.4 is 10.6 Å². The molecular weight excluding hydrogens is 472 g/mol. The molecule has 2 aromatic rings. The topological polar surface area (TPSA) is 108 Å². The van der Waals surface area contributed by atoms with E-state index in [-0.39, 0.29) is 30.4 Å². The lowest BCUT2D eigenvalue weighted by molar-refractivity contribution is -0.143. The maximum absolute atomic E-state index is 13.6. The minimum absolute atomic E-state index is 0.000958. The van der Waals surface area contributed by atoms with E-state index in [0.717, 1.165) is 28.9 Å². The van der Waals surface area contributed by atoms with Gasteiger partial charge in [0, 0.05) is 37.3 Å². The lowest BCUT2D eigenvalue weighted by Gasteiger charge is -2.34. The van der Waals surface area contributed by atoms with Crippen LogP contribution in [0.3, 0.4) is 0 Å². The van der Waals surface area contributed by atoms with Crippen molar-refractivity contribution in [3.05, 3.63) is 64.7 Å². The number of aryl methyl sites for hydroxylation is 2. The van der Waals surface area contributed by atoms with Crippen molar-refractivity contribution in [3.63, 3.8) is 0 Å². The van der Waals surface area contributed by atoms with E-state index < -0.39 is 17.6 Å². The number of fused-ring (bicyclic) bond motifs is 3. The summed E-state index contributed by atoms with van der Waals surface area (Å²) in [6.07, 6.45) is 1.71. The third kappa shape index (κ3) is 4.32. The normalized spacial score (nSPS) is 22.5. The summed E-state index contributed by atoms with van der Waals surface area (Å²) in [5.74, 6) is -0.542. The van der Waals surface area contributed by atoms with Crippen molar-refractivity contribution in [2.75, 3.05) is 18.9 Å². The van der Waals surface area contributed by atoms with Crippen molar-refractivity contribution >= 4 is 29.6 Å². The van der Waals surface area contributed by atoms with Crippen LogP contribution in [-0.4, -0.2) is 53.4 Å². The first-order chi connectivity index (χ1) is 17.7. The van der Waals surface area contributed by atoms with Gasteiger partial charge in [0.25, 0.3) is 5.91 Å². The van der Waals surface area contributed by atoms with Gasteiger partial charge in [-0.2, -0.15) is 0 Å². The molecule has 1 aliphatic carbocycles. The molecule has 1 saturated heterocycles. The lowest BCUT2D eigenvalue weighted by Crippen LogP contribution is -2.48. The number of nitrogens with one attached hydrogen (secondary N) is 2. The summed E-state index contributed by atoms with van der Waals surface area (Å²) in [5, 5.41) is 5.21. The highest BCUT2D eigenvalue weighted by Gasteiger charge is 2.58. The predicted molar refractivity (Wildman–Crippen MR) is 137 cm³/mol. The Balaban J connectivity index is 1.37. The van der Waals surface area contributed by atoms with Gasteiger partial charge in [0.2, 0.25) is 11.5 Å². The van der Waals surface area contributed by atoms with Gasteiger partial charge in [0.15, 0.2) is 0 Å². The highest BCUT2D eigenvalue weighted by molar-refractivity contribution is 6.06. The number of amides is 5. The SMILES string of the molecule is CNC(=O)Nc1ccc2c(c1)CC[C@@]21OC(=O)N(CC(=O)N2Cc3ccccc3CC[C@@H]2C(C)C)C1=O. The van der Waals surface area contributed by atoms with Gasteiger partial charge < -0.3 is 20.3 Å². The molecule has 194 valence electrons. The third-order valence-electron chi connectivity index (χ3n) is 7.80. The van der Waals surface area contributed by atoms with Crippen LogP contribution in [-0.2, 0) is 39.3 Å². The highest BCUT2D eigenvalue weighted by Crippen LogP contribution is 2.46. The summed E-state index contributed by atoms with van der Waals surface area (Å²) in [4.78, 5) is 54.7. The number of rotatable bonds is 4. The van der Waals surface area contributed by atoms with E-state index >= 15 is 0 Å². The molecular formula is C28H32N4O5. The van der Waals surface area contributed by atoms with Crippen molar-refractivity contribution < 1.29 is 23.9 Å². The first-order valence-corrected chi connectivity index (χ1v) is 12.8. The molecule has 37 heavy (non-hydrogen) atoms. The Kier molecular flexibility index (Phi) is 6.39. The molecule has 0 bridgehead atoms. The Hall–Kier alpha value is -3.88. The summed E-state index contributed by atoms with van der Waals surface area (Å²) < 4.78 is 5.71. The fourth-order valence-electron chi connectivity index (χ4n) is 5.83. The molecule has 0 aromatic heterocycles. The zero-order chi connectivity index (χ0) is 26.3. The quantitative estimate of drug-likeness (QED) is 0.662. The Morgan fingerprint density at radius 1 is 1.08 bits per heavy atom. The van der Waals surface area contributed by atoms with Crippen LogP contribution >= 0.6 is 0 Å². The number of hydrogen-bond donors (Lipinski definition) is 2. The van der Waals surface area contributed by atoms with E-state index in [4.69, 9.17) is 4.74 Å². The molecule has 3 aliphatic rings. The van der Waals surface area contributed by atoms with E-state index in [9.17, 15) is 19.2 Å². The van der Waals surface area contributed by atoms with Crippen LogP contribution in [0.4, 0.5) is 15.3 Å². The fraction of sp³-hybridized carbons (Fsp3) is 0.429. The van der Waals surface area contributed by atoms with Crippen LogP contribution in [0.15, 0.2) is 42.5 Å². The van der Waals surface area contributed by atoms with Crippen LogP contribution in [0, 0.1) is 5.92 Å². The number of ether oxygens (including phenoxy) is 1. The summed E-state index contributed by atoms with van der Waals surface area (Å²) in [6.45, 7) is 4.28. The van der Waals surface area contributed by atoms with Crippen LogP contribution in [0.25, 0.3) is 0 Å². The van der Waals surface area contributed by atoms with Crippen molar-refractivity contribution in [1.82, 2.24) is 15.1 Å². The van der Waals surface area contributed by atoms with Crippen LogP contribution in [0.2, 0.25) is 0 Å². The monoisotopic (exact) mass is 504 g/mol. The minimum atomic E-state index is -1.43. The molecule has 1 fully saturated rings. The minimum Gasteiger partial charge on any atom is -0.427 e. The molecule has 1 spiro atoms. The molecule has 0 radical (unpaired) electrons. The number of urea groups is 1. The Morgan fingerprint density at radius 3 is 2.57 bits per heavy atom. The number of anilines is 1. The molecule has 9 nitrogen and oxygen atoms in total. The number of benzene rings is 2. The Morgan fingerprint density at radius 2 is 1.84 bits per heavy atom. The lowest BCUT2D eigenvalue weighted by atomic mass is 9.94. The first kappa shape index (κ1) is 24.8. The van der Waals surface area contributed by atoms with Crippen molar-refractivity contribution in [2.24, 2.45) is 5.92 Å². The van der Waals surface area contributed by atoms with Gasteiger partial charge in [-0.25, -0.2) is 14.5 Å². The average molecular weight is 505 g/mol. The van der Waals surface area contributed by atoms with E-state index in [0.29, 0.717) is 30.6 Å². The van der Waals surface area contributed by atoms with Gasteiger partial charge in [0.1, 0.15) is 6.54 Å². The van der Waals surface area contributed by atoms with Gasteiger partial charge >= 0.3 is 12.1 Å². The van der Waals surface area contributed by atoms with E-state index in [1.807, 2.05) is 23.1 Å². The second-order valence-electron chi connectivity index (χ2n) is 10.3. The predicted octanol–water partition coefficient (Wildman–Crippen LogP) is 3.56. The molecule has 0 unspecified atom stereocenters. The van der Waals surface area contributed by atoms with Crippen molar-refractivity contribution in [3.8, 4) is 0 Å². The molecule has 2 heterocycles. The summed E-state index contributed by atoms with van der Waals surface area (Å²) >= 11 is 0. The maximum Gasteiger partial charge on any atom is 0.418 e. The Bertz CT molecular complexity index is 1270. The molecule has 5 amide bonds. The summed E-state index contributed by atoms with van der Waals surface area (Å²) in [6, 6.07) is 12.9. The van der Waals surface area contributed by atoms with Crippen molar-refractivity contribution in [2.45, 2.75) is 57.7 Å². The smallest absolute Gasteiger partial charge is 0.418 e. The zero-order valence-electron chi connectivity index (χ0n) is 21.4. The number of nitrogens with zero attached hydrogens (tertiary/aromatic N) is 2. The summed E-state index contributed by atoms with van der Waals surface area (Å²) in [7, 11) is 1.53. The van der Waals surface area contributed by atoms with Gasteiger partial charge in [-0.1, -0.05) is 44.2 Å². The van der Waals surface area contributed by atoms with E-state index in [1.165, 1.54) is 12.6 Å². The third-order valence-corrected chi connectivity index (χ3v) is 7.80. The first-order valence-electron chi connectivity index (χ1n) is 12.8. The largest absolute Gasteiger partial charge is 0.427 e. The number of imide groups is 1. The van der Waals surface area contributed by atoms with Gasteiger partial charge in [0.05, 0.1) is 0 Å². The molecule has 2 N–H and O–H groups in total. The van der Waals surface area contributed by atoms with Crippen LogP contribution in [0.5, 0.6) is 0 Å². The van der Waals surface area contributed by atoms with Gasteiger partial charge in [-0.3, -0.25) is 9.59 Å². The average Bonchev–Trinajstić information content (AvgIpc) is 3.25. The molecule has 9 heteroatoms. The van der Waals surface area contributed by atoms with Crippen LogP contribution in [0.1, 0.15) is 48.9 Å². The van der Waals surface area contributed by atoms with E-state index in [2.05, 4.69) is 30.5 Å². The fourth-order valence-corrected chi connectivity index (χ4v) is 5.83. The maximum atomic E-state index is 13.6. The summed E-state index contributed by atoms with van der Waals surface area (Å²) in [5.41, 5.74) is 2.91. The Labute approximate surface area is 216 Å². The zero-order valence-corrected chi connectivity index (χ0v) is 21.4. The number of hydrogen-bond acceptors (Lipinski definition) is 5. The number of carbonyl (C=O) groups excluding carboxylic acids is 4. The van der Waals surface area contributed by atoms with Gasteiger partial charge in [-0.15, -0.1) is 0 Å². The molecule has 2 aliphatic heterocycles. The molecule has 2 aromatic carbocycles. The standard InChI is InChI=1S/C28H32N4O5/c1-17(2)23-11-8-18-6-4-5-7-20(18)15-31(23)24(33)16-32-25(34)28(37-27(32)36)13-12-19-14-21(9-10-22(19)28)30-26(35)29-3/h4-7,9-10,14,17,23H,8,11-13,15-16H2,1-3H3,(H2,29,30,35)/t23-,28-/m1/s1. The second-order valence-corrected chi connectivity index (χ2v) is 10.3. The molecule has 5 rings (SSSR count).